The zero-order valence-electron chi connectivity index (χ0n) is 20.2. The van der Waals surface area contributed by atoms with E-state index in [9.17, 15) is 4.79 Å². The molecule has 0 bridgehead atoms. The maximum Gasteiger partial charge on any atom is 0.251 e. The average Bonchev–Trinajstić information content (AvgIpc) is 3.28. The summed E-state index contributed by atoms with van der Waals surface area (Å²) in [5.41, 5.74) is 2.56. The molecule has 2 aromatic carbocycles. The Balaban J connectivity index is 1.52. The largest absolute Gasteiger partial charge is 0.490 e. The van der Waals surface area contributed by atoms with Gasteiger partial charge in [0.05, 0.1) is 20.3 Å². The summed E-state index contributed by atoms with van der Waals surface area (Å²) < 4.78 is 11.6. The number of benzene rings is 2. The number of aryl methyl sites for hydroxylation is 1. The van der Waals surface area contributed by atoms with Gasteiger partial charge in [-0.1, -0.05) is 18.2 Å². The Bertz CT molecular complexity index is 1110. The molecular weight excluding hydrogens is 432 g/mol. The summed E-state index contributed by atoms with van der Waals surface area (Å²) in [7, 11) is 3.83. The lowest BCUT2D eigenvalue weighted by molar-refractivity contribution is 0.0904. The van der Waals surface area contributed by atoms with Gasteiger partial charge in [-0.05, 0) is 68.9 Å². The molecule has 4 rings (SSSR count). The molecule has 1 aliphatic heterocycles. The standard InChI is InChI=1S/C25H32N6O3/c1-5-33-22-12-11-19(15-23(22)34-6-2)20-16-30(3)14-13-21(20)26-25(32)18-9-7-17(8-10-18)24-27-29-31(4)28-24/h7-12,15,20-21H,5-6,13-14,16H2,1-4H3,(H,26,32)/t20-,21-/m1/s1. The Morgan fingerprint density at radius 2 is 1.79 bits per heavy atom. The fraction of sp³-hybridized carbons (Fsp3) is 0.440. The van der Waals surface area contributed by atoms with Crippen LogP contribution in [0.5, 0.6) is 11.5 Å². The second-order valence-corrected chi connectivity index (χ2v) is 8.49. The van der Waals surface area contributed by atoms with E-state index in [0.717, 1.165) is 42.1 Å². The number of likely N-dealkylation sites (tertiary alicyclic amines) is 1. The zero-order valence-corrected chi connectivity index (χ0v) is 20.2. The lowest BCUT2D eigenvalue weighted by Crippen LogP contribution is -2.48. The fourth-order valence-electron chi connectivity index (χ4n) is 4.35. The minimum Gasteiger partial charge on any atom is -0.490 e. The Morgan fingerprint density at radius 3 is 2.47 bits per heavy atom. The molecule has 9 nitrogen and oxygen atoms in total. The number of tetrazole rings is 1. The molecule has 1 aromatic heterocycles. The Kier molecular flexibility index (Phi) is 7.42. The highest BCUT2D eigenvalue weighted by Gasteiger charge is 2.31. The minimum atomic E-state index is -0.0887. The highest BCUT2D eigenvalue weighted by Crippen LogP contribution is 2.35. The predicted molar refractivity (Wildman–Crippen MR) is 129 cm³/mol. The van der Waals surface area contributed by atoms with Crippen LogP contribution in [0.1, 0.15) is 42.1 Å². The highest BCUT2D eigenvalue weighted by molar-refractivity contribution is 5.94. The van der Waals surface area contributed by atoms with Crippen LogP contribution < -0.4 is 14.8 Å². The number of carbonyl (C=O) groups is 1. The molecular formula is C25H32N6O3. The van der Waals surface area contributed by atoms with Gasteiger partial charge in [-0.25, -0.2) is 0 Å². The second kappa shape index (κ2) is 10.6. The van der Waals surface area contributed by atoms with E-state index >= 15 is 0 Å². The average molecular weight is 465 g/mol. The van der Waals surface area contributed by atoms with Crippen molar-refractivity contribution >= 4 is 5.91 Å². The number of hydrogen-bond acceptors (Lipinski definition) is 7. The quantitative estimate of drug-likeness (QED) is 0.548. The van der Waals surface area contributed by atoms with Crippen molar-refractivity contribution in [3.63, 3.8) is 0 Å². The van der Waals surface area contributed by atoms with Crippen molar-refractivity contribution in [3.8, 4) is 22.9 Å². The lowest BCUT2D eigenvalue weighted by Gasteiger charge is -2.37. The number of nitrogens with zero attached hydrogens (tertiary/aromatic N) is 5. The summed E-state index contributed by atoms with van der Waals surface area (Å²) in [6.45, 7) is 6.84. The van der Waals surface area contributed by atoms with Crippen LogP contribution in [0, 0.1) is 0 Å². The van der Waals surface area contributed by atoms with E-state index in [0.29, 0.717) is 24.6 Å². The summed E-state index contributed by atoms with van der Waals surface area (Å²) in [5.74, 6) is 2.07. The van der Waals surface area contributed by atoms with Gasteiger partial charge >= 0.3 is 0 Å². The number of piperidine rings is 1. The molecule has 1 saturated heterocycles. The van der Waals surface area contributed by atoms with Crippen LogP contribution in [-0.2, 0) is 7.05 Å². The summed E-state index contributed by atoms with van der Waals surface area (Å²) >= 11 is 0. The van der Waals surface area contributed by atoms with Crippen LogP contribution in [0.4, 0.5) is 0 Å². The molecule has 2 atom stereocenters. The van der Waals surface area contributed by atoms with Gasteiger partial charge in [-0.3, -0.25) is 4.79 Å². The second-order valence-electron chi connectivity index (χ2n) is 8.49. The van der Waals surface area contributed by atoms with E-state index in [2.05, 4.69) is 44.8 Å². The van der Waals surface area contributed by atoms with E-state index in [1.54, 1.807) is 19.2 Å². The molecule has 1 aliphatic rings. The summed E-state index contributed by atoms with van der Waals surface area (Å²) in [6, 6.07) is 13.4. The maximum atomic E-state index is 13.1. The van der Waals surface area contributed by atoms with Gasteiger partial charge in [-0.15, -0.1) is 10.2 Å². The van der Waals surface area contributed by atoms with E-state index in [4.69, 9.17) is 9.47 Å². The van der Waals surface area contributed by atoms with E-state index < -0.39 is 0 Å². The molecule has 34 heavy (non-hydrogen) atoms. The first-order valence-electron chi connectivity index (χ1n) is 11.7. The highest BCUT2D eigenvalue weighted by atomic mass is 16.5. The number of ether oxygens (including phenoxy) is 2. The first-order valence-corrected chi connectivity index (χ1v) is 11.7. The van der Waals surface area contributed by atoms with Crippen molar-refractivity contribution in [2.24, 2.45) is 7.05 Å². The molecule has 1 amide bonds. The summed E-state index contributed by atoms with van der Waals surface area (Å²) in [4.78, 5) is 16.8. The van der Waals surface area contributed by atoms with E-state index in [1.807, 2.05) is 32.0 Å². The first kappa shape index (κ1) is 23.7. The number of aromatic nitrogens is 4. The van der Waals surface area contributed by atoms with Gasteiger partial charge in [0, 0.05) is 29.6 Å². The molecule has 3 aromatic rings. The van der Waals surface area contributed by atoms with Crippen LogP contribution in [0.3, 0.4) is 0 Å². The minimum absolute atomic E-state index is 0.0115. The summed E-state index contributed by atoms with van der Waals surface area (Å²) in [6.07, 6.45) is 0.867. The number of hydrogen-bond donors (Lipinski definition) is 1. The number of amides is 1. The lowest BCUT2D eigenvalue weighted by atomic mass is 9.85. The van der Waals surface area contributed by atoms with Crippen LogP contribution >= 0.6 is 0 Å². The Labute approximate surface area is 200 Å². The van der Waals surface area contributed by atoms with Gasteiger partial charge in [0.2, 0.25) is 5.82 Å². The monoisotopic (exact) mass is 464 g/mol. The summed E-state index contributed by atoms with van der Waals surface area (Å²) in [5, 5.41) is 15.4. The molecule has 0 radical (unpaired) electrons. The van der Waals surface area contributed by atoms with E-state index in [1.165, 1.54) is 4.80 Å². The van der Waals surface area contributed by atoms with Crippen LogP contribution in [0.25, 0.3) is 11.4 Å². The molecule has 2 heterocycles. The molecule has 0 aliphatic carbocycles. The Hall–Kier alpha value is -3.46. The van der Waals surface area contributed by atoms with Crippen molar-refractivity contribution in [1.29, 1.82) is 0 Å². The van der Waals surface area contributed by atoms with Gasteiger partial charge < -0.3 is 19.7 Å². The maximum absolute atomic E-state index is 13.1. The predicted octanol–water partition coefficient (Wildman–Crippen LogP) is 2.89. The first-order chi connectivity index (χ1) is 16.5. The number of rotatable bonds is 8. The van der Waals surface area contributed by atoms with Gasteiger partial charge in [0.25, 0.3) is 5.91 Å². The van der Waals surface area contributed by atoms with Crippen molar-refractivity contribution in [2.45, 2.75) is 32.2 Å². The van der Waals surface area contributed by atoms with Crippen molar-refractivity contribution in [2.75, 3.05) is 33.4 Å². The molecule has 0 spiro atoms. The molecule has 1 N–H and O–H groups in total. The number of likely N-dealkylation sites (N-methyl/N-ethyl adjacent to an activating group) is 1. The molecule has 180 valence electrons. The van der Waals surface area contributed by atoms with Gasteiger partial charge in [0.1, 0.15) is 0 Å². The van der Waals surface area contributed by atoms with Gasteiger partial charge in [0.15, 0.2) is 11.5 Å². The number of carbonyl (C=O) groups excluding carboxylic acids is 1. The fourth-order valence-corrected chi connectivity index (χ4v) is 4.35. The van der Waals surface area contributed by atoms with Crippen molar-refractivity contribution in [1.82, 2.24) is 30.4 Å². The smallest absolute Gasteiger partial charge is 0.251 e. The van der Waals surface area contributed by atoms with Crippen LogP contribution in [0.15, 0.2) is 42.5 Å². The Morgan fingerprint density at radius 1 is 1.06 bits per heavy atom. The van der Waals surface area contributed by atoms with Gasteiger partial charge in [-0.2, -0.15) is 4.80 Å². The molecule has 0 saturated carbocycles. The number of nitrogens with one attached hydrogen (secondary N) is 1. The molecule has 1 fully saturated rings. The van der Waals surface area contributed by atoms with Crippen molar-refractivity contribution < 1.29 is 14.3 Å². The SMILES string of the molecule is CCOc1ccc([C@H]2CN(C)CC[C@H]2NC(=O)c2ccc(-c3nnn(C)n3)cc2)cc1OCC. The third-order valence-electron chi connectivity index (χ3n) is 6.04. The zero-order chi connectivity index (χ0) is 24.1. The molecule has 0 unspecified atom stereocenters. The third-order valence-corrected chi connectivity index (χ3v) is 6.04. The normalized spacial score (nSPS) is 18.5. The van der Waals surface area contributed by atoms with Crippen LogP contribution in [-0.4, -0.2) is 70.4 Å². The van der Waals surface area contributed by atoms with Crippen LogP contribution in [0.2, 0.25) is 0 Å². The third kappa shape index (κ3) is 5.36. The molecule has 9 heteroatoms. The topological polar surface area (TPSA) is 94.4 Å². The van der Waals surface area contributed by atoms with Crippen molar-refractivity contribution in [3.05, 3.63) is 53.6 Å². The van der Waals surface area contributed by atoms with E-state index in [-0.39, 0.29) is 17.9 Å².